The minimum atomic E-state index is -0.966. The van der Waals surface area contributed by atoms with E-state index in [2.05, 4.69) is 11.9 Å². The standard InChI is InChI=1S/C23H24N2O4S/c1-2-3-6-21-24-19(12-15-7-9-16(10-8-15)22(26)27)20(25-21)14-17(23(28)29)13-18-5-4-11-30-18/h4-5,7-11,14H,2-3,6,12-13H2,1H3,(H,24,25)(H,26,27)(H,28,29)/b17-14+. The van der Waals surface area contributed by atoms with Crippen LogP contribution in [-0.2, 0) is 24.1 Å². The van der Waals surface area contributed by atoms with Crippen molar-refractivity contribution in [2.45, 2.75) is 39.0 Å². The van der Waals surface area contributed by atoms with Crippen LogP contribution in [0.25, 0.3) is 6.08 Å². The van der Waals surface area contributed by atoms with E-state index in [-0.39, 0.29) is 5.56 Å². The van der Waals surface area contributed by atoms with Gasteiger partial charge in [-0.3, -0.25) is 0 Å². The van der Waals surface area contributed by atoms with Crippen molar-refractivity contribution in [2.24, 2.45) is 0 Å². The number of unbranched alkanes of at least 4 members (excludes halogenated alkanes) is 1. The summed E-state index contributed by atoms with van der Waals surface area (Å²) in [6, 6.07) is 10.5. The third kappa shape index (κ3) is 5.67. The van der Waals surface area contributed by atoms with Gasteiger partial charge in [0.1, 0.15) is 5.82 Å². The fourth-order valence-electron chi connectivity index (χ4n) is 3.12. The lowest BCUT2D eigenvalue weighted by Crippen LogP contribution is -2.04. The Morgan fingerprint density at radius 1 is 1.17 bits per heavy atom. The molecule has 0 atom stereocenters. The molecule has 3 N–H and O–H groups in total. The summed E-state index contributed by atoms with van der Waals surface area (Å²) in [5.41, 5.74) is 2.89. The predicted molar refractivity (Wildman–Crippen MR) is 117 cm³/mol. The largest absolute Gasteiger partial charge is 0.478 e. The van der Waals surface area contributed by atoms with E-state index in [9.17, 15) is 14.7 Å². The highest BCUT2D eigenvalue weighted by atomic mass is 32.1. The Balaban J connectivity index is 1.92. The van der Waals surface area contributed by atoms with Gasteiger partial charge in [-0.15, -0.1) is 11.3 Å². The number of aryl methyl sites for hydroxylation is 1. The van der Waals surface area contributed by atoms with E-state index in [4.69, 9.17) is 10.1 Å². The molecule has 0 aliphatic rings. The minimum Gasteiger partial charge on any atom is -0.478 e. The zero-order valence-corrected chi connectivity index (χ0v) is 17.5. The number of rotatable bonds is 10. The van der Waals surface area contributed by atoms with Gasteiger partial charge in [-0.2, -0.15) is 0 Å². The molecule has 0 saturated heterocycles. The van der Waals surface area contributed by atoms with Crippen LogP contribution in [0, 0.1) is 0 Å². The number of aromatic carboxylic acids is 1. The molecule has 1 aromatic carbocycles. The molecule has 0 unspecified atom stereocenters. The number of aromatic amines is 1. The first-order valence-electron chi connectivity index (χ1n) is 9.82. The fourth-order valence-corrected chi connectivity index (χ4v) is 3.85. The SMILES string of the molecule is CCCCc1nc(Cc2ccc(C(=O)O)cc2)c(/C=C(\Cc2cccs2)C(=O)O)[nH]1. The maximum absolute atomic E-state index is 11.8. The molecule has 3 rings (SSSR count). The summed E-state index contributed by atoms with van der Waals surface area (Å²) in [7, 11) is 0. The molecule has 0 radical (unpaired) electrons. The highest BCUT2D eigenvalue weighted by molar-refractivity contribution is 7.09. The molecule has 0 bridgehead atoms. The number of benzene rings is 1. The molecule has 0 spiro atoms. The summed E-state index contributed by atoms with van der Waals surface area (Å²) in [5.74, 6) is -1.09. The van der Waals surface area contributed by atoms with E-state index >= 15 is 0 Å². The van der Waals surface area contributed by atoms with Gasteiger partial charge in [-0.05, 0) is 41.6 Å². The van der Waals surface area contributed by atoms with Crippen LogP contribution in [0.1, 0.15) is 57.8 Å². The van der Waals surface area contributed by atoms with Crippen LogP contribution >= 0.6 is 11.3 Å². The summed E-state index contributed by atoms with van der Waals surface area (Å²) in [4.78, 5) is 31.9. The van der Waals surface area contributed by atoms with Gasteiger partial charge >= 0.3 is 11.9 Å². The average Bonchev–Trinajstić information content (AvgIpc) is 3.36. The molecule has 0 fully saturated rings. The molecule has 2 heterocycles. The summed E-state index contributed by atoms with van der Waals surface area (Å²) in [6.45, 7) is 2.11. The lowest BCUT2D eigenvalue weighted by atomic mass is 10.0. The number of nitrogens with one attached hydrogen (secondary N) is 1. The number of nitrogens with zero attached hydrogens (tertiary/aromatic N) is 1. The lowest BCUT2D eigenvalue weighted by Gasteiger charge is -2.04. The molecule has 0 saturated carbocycles. The van der Waals surface area contributed by atoms with Crippen LogP contribution in [0.2, 0.25) is 0 Å². The number of aromatic nitrogens is 2. The molecular weight excluding hydrogens is 400 g/mol. The fraction of sp³-hybridized carbons (Fsp3) is 0.261. The Hall–Kier alpha value is -3.19. The van der Waals surface area contributed by atoms with Gasteiger partial charge < -0.3 is 15.2 Å². The monoisotopic (exact) mass is 424 g/mol. The van der Waals surface area contributed by atoms with Gasteiger partial charge in [0, 0.05) is 29.7 Å². The summed E-state index contributed by atoms with van der Waals surface area (Å²) < 4.78 is 0. The molecule has 2 aromatic heterocycles. The van der Waals surface area contributed by atoms with Gasteiger partial charge in [-0.25, -0.2) is 14.6 Å². The summed E-state index contributed by atoms with van der Waals surface area (Å²) >= 11 is 1.53. The number of thiophene rings is 1. The summed E-state index contributed by atoms with van der Waals surface area (Å²) in [5, 5.41) is 20.7. The minimum absolute atomic E-state index is 0.230. The van der Waals surface area contributed by atoms with Crippen LogP contribution in [0.5, 0.6) is 0 Å². The van der Waals surface area contributed by atoms with Crippen molar-refractivity contribution in [1.82, 2.24) is 9.97 Å². The number of carbonyl (C=O) groups is 2. The molecule has 156 valence electrons. The third-order valence-electron chi connectivity index (χ3n) is 4.74. The van der Waals surface area contributed by atoms with E-state index in [1.807, 2.05) is 17.5 Å². The number of hydrogen-bond donors (Lipinski definition) is 3. The Bertz CT molecular complexity index is 1030. The number of aliphatic carboxylic acids is 1. The third-order valence-corrected chi connectivity index (χ3v) is 5.61. The van der Waals surface area contributed by atoms with Crippen LogP contribution in [0.15, 0.2) is 47.4 Å². The van der Waals surface area contributed by atoms with Crippen molar-refractivity contribution in [3.63, 3.8) is 0 Å². The first-order valence-corrected chi connectivity index (χ1v) is 10.7. The number of hydrogen-bond acceptors (Lipinski definition) is 4. The van der Waals surface area contributed by atoms with Crippen molar-refractivity contribution >= 4 is 29.4 Å². The second-order valence-corrected chi connectivity index (χ2v) is 8.09. The van der Waals surface area contributed by atoms with Gasteiger partial charge in [0.05, 0.1) is 17.0 Å². The lowest BCUT2D eigenvalue weighted by molar-refractivity contribution is -0.132. The normalized spacial score (nSPS) is 11.6. The first-order chi connectivity index (χ1) is 14.5. The Morgan fingerprint density at radius 3 is 2.53 bits per heavy atom. The Morgan fingerprint density at radius 2 is 1.93 bits per heavy atom. The highest BCUT2D eigenvalue weighted by Gasteiger charge is 2.15. The molecule has 3 aromatic rings. The number of H-pyrrole nitrogens is 1. The van der Waals surface area contributed by atoms with Crippen molar-refractivity contribution in [2.75, 3.05) is 0 Å². The summed E-state index contributed by atoms with van der Waals surface area (Å²) in [6.07, 6.45) is 5.33. The van der Waals surface area contributed by atoms with Crippen LogP contribution in [0.3, 0.4) is 0 Å². The van der Waals surface area contributed by atoms with Crippen molar-refractivity contribution in [3.05, 3.63) is 80.6 Å². The quantitative estimate of drug-likeness (QED) is 0.405. The van der Waals surface area contributed by atoms with E-state index in [1.165, 1.54) is 11.3 Å². The maximum Gasteiger partial charge on any atom is 0.335 e. The number of imidazole rings is 1. The molecule has 0 aliphatic heterocycles. The van der Waals surface area contributed by atoms with E-state index in [0.29, 0.717) is 24.1 Å². The van der Waals surface area contributed by atoms with Crippen LogP contribution in [-0.4, -0.2) is 32.1 Å². The topological polar surface area (TPSA) is 103 Å². The van der Waals surface area contributed by atoms with Gasteiger partial charge in [0.2, 0.25) is 0 Å². The smallest absolute Gasteiger partial charge is 0.335 e. The molecular formula is C23H24N2O4S. The van der Waals surface area contributed by atoms with E-state index in [1.54, 1.807) is 30.3 Å². The zero-order valence-electron chi connectivity index (χ0n) is 16.7. The predicted octanol–water partition coefficient (Wildman–Crippen LogP) is 4.81. The van der Waals surface area contributed by atoms with E-state index in [0.717, 1.165) is 41.2 Å². The first kappa shape index (κ1) is 21.5. The van der Waals surface area contributed by atoms with Gasteiger partial charge in [0.15, 0.2) is 0 Å². The van der Waals surface area contributed by atoms with Crippen LogP contribution < -0.4 is 0 Å². The molecule has 0 aliphatic carbocycles. The molecule has 0 amide bonds. The second kappa shape index (κ2) is 10.0. The van der Waals surface area contributed by atoms with Crippen molar-refractivity contribution in [3.8, 4) is 0 Å². The maximum atomic E-state index is 11.8. The van der Waals surface area contributed by atoms with E-state index < -0.39 is 11.9 Å². The van der Waals surface area contributed by atoms with Gasteiger partial charge in [0.25, 0.3) is 0 Å². The molecule has 30 heavy (non-hydrogen) atoms. The Labute approximate surface area is 178 Å². The number of carboxylic acids is 2. The van der Waals surface area contributed by atoms with Crippen LogP contribution in [0.4, 0.5) is 0 Å². The van der Waals surface area contributed by atoms with Gasteiger partial charge in [-0.1, -0.05) is 31.5 Å². The average molecular weight is 425 g/mol. The second-order valence-electron chi connectivity index (χ2n) is 7.06. The Kier molecular flexibility index (Phi) is 7.19. The van der Waals surface area contributed by atoms with Crippen molar-refractivity contribution in [1.29, 1.82) is 0 Å². The van der Waals surface area contributed by atoms with Crippen molar-refractivity contribution < 1.29 is 19.8 Å². The molecule has 7 heteroatoms. The number of carboxylic acid groups (broad SMARTS) is 2. The molecule has 6 nitrogen and oxygen atoms in total. The highest BCUT2D eigenvalue weighted by Crippen LogP contribution is 2.21. The zero-order chi connectivity index (χ0) is 21.5.